The molecule has 3 rings (SSSR count). The molecule has 1 aliphatic rings. The van der Waals surface area contributed by atoms with E-state index in [4.69, 9.17) is 0 Å². The number of rotatable bonds is 4. The standard InChI is InChI=1S/C19H21FN4O2/c20-16-8-4-5-9-17(16)22-18(25)14-21-19(26)24-12-10-23(11-13-24)15-6-2-1-3-7-15/h1-9H,10-14H2,(H,21,26)(H,22,25). The van der Waals surface area contributed by atoms with Gasteiger partial charge in [-0.15, -0.1) is 0 Å². The molecule has 2 N–H and O–H groups in total. The zero-order chi connectivity index (χ0) is 18.4. The third kappa shape index (κ3) is 4.50. The van der Waals surface area contributed by atoms with Gasteiger partial charge in [-0.25, -0.2) is 9.18 Å². The third-order valence-corrected chi connectivity index (χ3v) is 4.24. The van der Waals surface area contributed by atoms with Crippen LogP contribution >= 0.6 is 0 Å². The van der Waals surface area contributed by atoms with Gasteiger partial charge in [0, 0.05) is 31.9 Å². The van der Waals surface area contributed by atoms with E-state index in [1.807, 2.05) is 30.3 Å². The summed E-state index contributed by atoms with van der Waals surface area (Å²) >= 11 is 0. The maximum absolute atomic E-state index is 13.5. The molecule has 0 bridgehead atoms. The average Bonchev–Trinajstić information content (AvgIpc) is 2.69. The molecule has 136 valence electrons. The van der Waals surface area contributed by atoms with E-state index in [-0.39, 0.29) is 18.3 Å². The fourth-order valence-electron chi connectivity index (χ4n) is 2.83. The number of anilines is 2. The Morgan fingerprint density at radius 1 is 0.923 bits per heavy atom. The van der Waals surface area contributed by atoms with Crippen molar-refractivity contribution in [1.82, 2.24) is 10.2 Å². The minimum Gasteiger partial charge on any atom is -0.368 e. The summed E-state index contributed by atoms with van der Waals surface area (Å²) in [5.74, 6) is -0.976. The quantitative estimate of drug-likeness (QED) is 0.884. The molecule has 1 heterocycles. The maximum Gasteiger partial charge on any atom is 0.317 e. The molecule has 26 heavy (non-hydrogen) atoms. The molecule has 0 spiro atoms. The lowest BCUT2D eigenvalue weighted by atomic mass is 10.2. The van der Waals surface area contributed by atoms with Gasteiger partial charge in [-0.2, -0.15) is 0 Å². The first-order chi connectivity index (χ1) is 12.6. The number of nitrogens with zero attached hydrogens (tertiary/aromatic N) is 2. The van der Waals surface area contributed by atoms with E-state index >= 15 is 0 Å². The van der Waals surface area contributed by atoms with Gasteiger partial charge in [-0.3, -0.25) is 4.79 Å². The maximum atomic E-state index is 13.5. The van der Waals surface area contributed by atoms with Crippen LogP contribution in [0.4, 0.5) is 20.6 Å². The predicted octanol–water partition coefficient (Wildman–Crippen LogP) is 2.30. The van der Waals surface area contributed by atoms with Gasteiger partial charge in [-0.1, -0.05) is 30.3 Å². The molecule has 7 heteroatoms. The molecule has 0 atom stereocenters. The van der Waals surface area contributed by atoms with E-state index in [1.165, 1.54) is 12.1 Å². The van der Waals surface area contributed by atoms with Gasteiger partial charge in [-0.05, 0) is 24.3 Å². The van der Waals surface area contributed by atoms with Crippen molar-refractivity contribution in [1.29, 1.82) is 0 Å². The van der Waals surface area contributed by atoms with Gasteiger partial charge in [0.1, 0.15) is 5.82 Å². The number of piperazine rings is 1. The molecule has 0 unspecified atom stereocenters. The number of nitrogens with one attached hydrogen (secondary N) is 2. The molecular weight excluding hydrogens is 335 g/mol. The zero-order valence-electron chi connectivity index (χ0n) is 14.3. The second-order valence-electron chi connectivity index (χ2n) is 6.00. The van der Waals surface area contributed by atoms with Crippen molar-refractivity contribution in [3.05, 3.63) is 60.4 Å². The summed E-state index contributed by atoms with van der Waals surface area (Å²) in [7, 11) is 0. The molecule has 0 saturated carbocycles. The number of hydrogen-bond acceptors (Lipinski definition) is 3. The van der Waals surface area contributed by atoms with E-state index in [0.29, 0.717) is 13.1 Å². The monoisotopic (exact) mass is 356 g/mol. The van der Waals surface area contributed by atoms with E-state index in [1.54, 1.807) is 17.0 Å². The number of halogens is 1. The number of benzene rings is 2. The van der Waals surface area contributed by atoms with Crippen molar-refractivity contribution in [3.63, 3.8) is 0 Å². The Hall–Kier alpha value is -3.09. The molecule has 0 aromatic heterocycles. The smallest absolute Gasteiger partial charge is 0.317 e. The molecule has 2 aromatic carbocycles. The minimum atomic E-state index is -0.510. The largest absolute Gasteiger partial charge is 0.368 e. The highest BCUT2D eigenvalue weighted by molar-refractivity contribution is 5.94. The highest BCUT2D eigenvalue weighted by atomic mass is 19.1. The first-order valence-corrected chi connectivity index (χ1v) is 8.50. The molecule has 0 aliphatic carbocycles. The summed E-state index contributed by atoms with van der Waals surface area (Å²) in [4.78, 5) is 28.0. The van der Waals surface area contributed by atoms with E-state index in [0.717, 1.165) is 18.8 Å². The van der Waals surface area contributed by atoms with Gasteiger partial charge in [0.15, 0.2) is 0 Å². The Bertz CT molecular complexity index is 761. The number of urea groups is 1. The molecular formula is C19H21FN4O2. The van der Waals surface area contributed by atoms with Crippen LogP contribution in [0.1, 0.15) is 0 Å². The molecule has 6 nitrogen and oxygen atoms in total. The van der Waals surface area contributed by atoms with E-state index in [2.05, 4.69) is 15.5 Å². The number of amides is 3. The van der Waals surface area contributed by atoms with Gasteiger partial charge in [0.2, 0.25) is 5.91 Å². The highest BCUT2D eigenvalue weighted by Gasteiger charge is 2.21. The Morgan fingerprint density at radius 3 is 2.27 bits per heavy atom. The summed E-state index contributed by atoms with van der Waals surface area (Å²) in [6.45, 7) is 2.43. The summed E-state index contributed by atoms with van der Waals surface area (Å²) in [6, 6.07) is 15.7. The van der Waals surface area contributed by atoms with Crippen LogP contribution in [0.3, 0.4) is 0 Å². The lowest BCUT2D eigenvalue weighted by Crippen LogP contribution is -2.52. The number of hydrogen-bond donors (Lipinski definition) is 2. The van der Waals surface area contributed by atoms with E-state index in [9.17, 15) is 14.0 Å². The first-order valence-electron chi connectivity index (χ1n) is 8.50. The van der Waals surface area contributed by atoms with Crippen molar-refractivity contribution < 1.29 is 14.0 Å². The van der Waals surface area contributed by atoms with Crippen LogP contribution in [-0.2, 0) is 4.79 Å². The third-order valence-electron chi connectivity index (χ3n) is 4.24. The lowest BCUT2D eigenvalue weighted by Gasteiger charge is -2.36. The zero-order valence-corrected chi connectivity index (χ0v) is 14.3. The molecule has 2 aromatic rings. The average molecular weight is 356 g/mol. The molecule has 3 amide bonds. The SMILES string of the molecule is O=C(CNC(=O)N1CCN(c2ccccc2)CC1)Nc1ccccc1F. The second kappa shape index (κ2) is 8.33. The van der Waals surface area contributed by atoms with Crippen molar-refractivity contribution in [2.75, 3.05) is 42.9 Å². The van der Waals surface area contributed by atoms with Crippen LogP contribution < -0.4 is 15.5 Å². The topological polar surface area (TPSA) is 64.7 Å². The van der Waals surface area contributed by atoms with Crippen LogP contribution in [0.15, 0.2) is 54.6 Å². The van der Waals surface area contributed by atoms with Crippen molar-refractivity contribution in [2.45, 2.75) is 0 Å². The molecule has 0 radical (unpaired) electrons. The van der Waals surface area contributed by atoms with Crippen LogP contribution in [0, 0.1) is 5.82 Å². The van der Waals surface area contributed by atoms with Gasteiger partial charge in [0.05, 0.1) is 12.2 Å². The number of carbonyl (C=O) groups excluding carboxylic acids is 2. The molecule has 1 fully saturated rings. The fraction of sp³-hybridized carbons (Fsp3) is 0.263. The van der Waals surface area contributed by atoms with Crippen LogP contribution in [-0.4, -0.2) is 49.6 Å². The summed E-state index contributed by atoms with van der Waals surface area (Å²) < 4.78 is 13.5. The highest BCUT2D eigenvalue weighted by Crippen LogP contribution is 2.15. The lowest BCUT2D eigenvalue weighted by molar-refractivity contribution is -0.115. The molecule has 1 saturated heterocycles. The van der Waals surface area contributed by atoms with Crippen molar-refractivity contribution in [3.8, 4) is 0 Å². The van der Waals surface area contributed by atoms with Gasteiger partial charge < -0.3 is 20.4 Å². The van der Waals surface area contributed by atoms with Gasteiger partial charge >= 0.3 is 6.03 Å². The molecule has 1 aliphatic heterocycles. The normalized spacial score (nSPS) is 14.0. The minimum absolute atomic E-state index is 0.100. The van der Waals surface area contributed by atoms with E-state index < -0.39 is 11.7 Å². The predicted molar refractivity (Wildman–Crippen MR) is 98.7 cm³/mol. The van der Waals surface area contributed by atoms with Crippen LogP contribution in [0.25, 0.3) is 0 Å². The Kier molecular flexibility index (Phi) is 5.68. The van der Waals surface area contributed by atoms with Crippen molar-refractivity contribution >= 4 is 23.3 Å². The summed E-state index contributed by atoms with van der Waals surface area (Å²) in [5.41, 5.74) is 1.24. The Labute approximate surface area is 151 Å². The van der Waals surface area contributed by atoms with Crippen LogP contribution in [0.2, 0.25) is 0 Å². The second-order valence-corrected chi connectivity index (χ2v) is 6.00. The van der Waals surface area contributed by atoms with Crippen LogP contribution in [0.5, 0.6) is 0 Å². The first kappa shape index (κ1) is 17.7. The van der Waals surface area contributed by atoms with Gasteiger partial charge in [0.25, 0.3) is 0 Å². The summed E-state index contributed by atoms with van der Waals surface area (Å²) in [6.07, 6.45) is 0. The van der Waals surface area contributed by atoms with Crippen molar-refractivity contribution in [2.24, 2.45) is 0 Å². The number of para-hydroxylation sites is 2. The Morgan fingerprint density at radius 2 is 1.58 bits per heavy atom. The Balaban J connectivity index is 1.43. The summed E-state index contributed by atoms with van der Waals surface area (Å²) in [5, 5.41) is 5.02. The number of carbonyl (C=O) groups is 2. The fourth-order valence-corrected chi connectivity index (χ4v) is 2.83.